The summed E-state index contributed by atoms with van der Waals surface area (Å²) in [6, 6.07) is 13.2. The number of thioether (sulfide) groups is 1. The van der Waals surface area contributed by atoms with Crippen molar-refractivity contribution in [3.05, 3.63) is 76.6 Å². The number of furan rings is 1. The number of hydrogen-bond donors (Lipinski definition) is 2. The third kappa shape index (κ3) is 3.60. The molecule has 30 heavy (non-hydrogen) atoms. The minimum atomic E-state index is -1.28. The number of carbonyl (C=O) groups is 2. The molecule has 0 aliphatic carbocycles. The third-order valence-electron chi connectivity index (χ3n) is 4.30. The molecular formula is C21H12FNO5S2. The number of aromatic hydroxyl groups is 1. The number of thiocarbonyl (C=S) groups is 1. The highest BCUT2D eigenvalue weighted by Gasteiger charge is 2.34. The van der Waals surface area contributed by atoms with Crippen LogP contribution in [-0.2, 0) is 4.79 Å². The number of anilines is 1. The molecule has 6 nitrogen and oxygen atoms in total. The first-order valence-electron chi connectivity index (χ1n) is 8.54. The fourth-order valence-electron chi connectivity index (χ4n) is 2.90. The predicted molar refractivity (Wildman–Crippen MR) is 115 cm³/mol. The average molecular weight is 441 g/mol. The van der Waals surface area contributed by atoms with E-state index in [1.165, 1.54) is 35.2 Å². The van der Waals surface area contributed by atoms with Gasteiger partial charge in [0.1, 0.15) is 28.7 Å². The molecule has 150 valence electrons. The number of rotatable bonds is 4. The summed E-state index contributed by atoms with van der Waals surface area (Å²) < 4.78 is 19.8. The fraction of sp³-hybridized carbons (Fsp3) is 0. The van der Waals surface area contributed by atoms with E-state index in [2.05, 4.69) is 0 Å². The van der Waals surface area contributed by atoms with Gasteiger partial charge < -0.3 is 14.6 Å². The van der Waals surface area contributed by atoms with Crippen molar-refractivity contribution < 1.29 is 28.6 Å². The van der Waals surface area contributed by atoms with Gasteiger partial charge in [-0.3, -0.25) is 9.69 Å². The first-order chi connectivity index (χ1) is 14.3. The maximum atomic E-state index is 13.9. The minimum Gasteiger partial charge on any atom is -0.507 e. The number of benzene rings is 2. The molecule has 3 aromatic rings. The number of hydrogen-bond acceptors (Lipinski definition) is 6. The van der Waals surface area contributed by atoms with Crippen LogP contribution < -0.4 is 4.90 Å². The molecule has 0 bridgehead atoms. The van der Waals surface area contributed by atoms with E-state index in [4.69, 9.17) is 21.7 Å². The Morgan fingerprint density at radius 1 is 1.17 bits per heavy atom. The molecule has 9 heteroatoms. The first-order valence-corrected chi connectivity index (χ1v) is 9.76. The number of amides is 1. The van der Waals surface area contributed by atoms with Crippen LogP contribution in [0.5, 0.6) is 5.75 Å². The molecule has 1 fully saturated rings. The smallest absolute Gasteiger partial charge is 0.339 e. The summed E-state index contributed by atoms with van der Waals surface area (Å²) in [7, 11) is 0. The Labute approximate surface area is 179 Å². The summed E-state index contributed by atoms with van der Waals surface area (Å²) in [5, 5.41) is 18.9. The highest BCUT2D eigenvalue weighted by Crippen LogP contribution is 2.38. The lowest BCUT2D eigenvalue weighted by Crippen LogP contribution is -2.27. The Balaban J connectivity index is 1.62. The molecule has 0 saturated carbocycles. The molecule has 4 rings (SSSR count). The van der Waals surface area contributed by atoms with Crippen molar-refractivity contribution in [2.45, 2.75) is 0 Å². The molecule has 1 amide bonds. The van der Waals surface area contributed by atoms with Crippen molar-refractivity contribution in [1.82, 2.24) is 0 Å². The summed E-state index contributed by atoms with van der Waals surface area (Å²) >= 11 is 6.30. The summed E-state index contributed by atoms with van der Waals surface area (Å²) in [5.74, 6) is -1.96. The largest absolute Gasteiger partial charge is 0.507 e. The molecule has 2 heterocycles. The van der Waals surface area contributed by atoms with Gasteiger partial charge in [-0.2, -0.15) is 0 Å². The number of aromatic carboxylic acids is 1. The van der Waals surface area contributed by atoms with Gasteiger partial charge in [-0.1, -0.05) is 36.1 Å². The lowest BCUT2D eigenvalue weighted by Gasteiger charge is -2.15. The van der Waals surface area contributed by atoms with Crippen LogP contribution in [-0.4, -0.2) is 26.4 Å². The van der Waals surface area contributed by atoms with Gasteiger partial charge in [0.15, 0.2) is 4.32 Å². The number of nitrogens with zero attached hydrogens (tertiary/aromatic N) is 1. The molecule has 1 saturated heterocycles. The SMILES string of the molecule is O=C(O)c1ccc(N2C(=O)/C(=C/c3ccc(-c4ccccc4F)o3)SC2=S)cc1O. The highest BCUT2D eigenvalue weighted by molar-refractivity contribution is 8.27. The van der Waals surface area contributed by atoms with Crippen LogP contribution in [0, 0.1) is 5.82 Å². The Hall–Kier alpha value is -3.43. The highest BCUT2D eigenvalue weighted by atomic mass is 32.2. The normalized spacial score (nSPS) is 15.2. The minimum absolute atomic E-state index is 0.217. The summed E-state index contributed by atoms with van der Waals surface area (Å²) in [6.07, 6.45) is 1.50. The van der Waals surface area contributed by atoms with Crippen molar-refractivity contribution in [2.24, 2.45) is 0 Å². The Morgan fingerprint density at radius 3 is 2.63 bits per heavy atom. The average Bonchev–Trinajstić information content (AvgIpc) is 3.26. The zero-order chi connectivity index (χ0) is 21.4. The second-order valence-corrected chi connectivity index (χ2v) is 7.88. The summed E-state index contributed by atoms with van der Waals surface area (Å²) in [6.45, 7) is 0. The van der Waals surface area contributed by atoms with Gasteiger partial charge in [0.2, 0.25) is 0 Å². The van der Waals surface area contributed by atoms with Crippen LogP contribution >= 0.6 is 24.0 Å². The molecule has 1 aliphatic heterocycles. The Morgan fingerprint density at radius 2 is 1.93 bits per heavy atom. The molecule has 0 radical (unpaired) electrons. The van der Waals surface area contributed by atoms with E-state index in [0.29, 0.717) is 17.1 Å². The van der Waals surface area contributed by atoms with E-state index in [1.54, 1.807) is 30.3 Å². The Bertz CT molecular complexity index is 1230. The maximum absolute atomic E-state index is 13.9. The molecule has 0 unspecified atom stereocenters. The van der Waals surface area contributed by atoms with Crippen LogP contribution in [0.1, 0.15) is 16.1 Å². The van der Waals surface area contributed by atoms with Crippen LogP contribution in [0.3, 0.4) is 0 Å². The van der Waals surface area contributed by atoms with E-state index < -0.39 is 23.4 Å². The van der Waals surface area contributed by atoms with Gasteiger partial charge in [-0.25, -0.2) is 9.18 Å². The van der Waals surface area contributed by atoms with Gasteiger partial charge in [0, 0.05) is 12.1 Å². The number of carbonyl (C=O) groups excluding carboxylic acids is 1. The summed E-state index contributed by atoms with van der Waals surface area (Å²) in [4.78, 5) is 25.3. The fourth-order valence-corrected chi connectivity index (χ4v) is 4.17. The molecule has 0 spiro atoms. The van der Waals surface area contributed by atoms with Crippen LogP contribution in [0.15, 0.2) is 63.9 Å². The quantitative estimate of drug-likeness (QED) is 0.440. The van der Waals surface area contributed by atoms with E-state index in [9.17, 15) is 19.1 Å². The van der Waals surface area contributed by atoms with Gasteiger partial charge >= 0.3 is 5.97 Å². The topological polar surface area (TPSA) is 91.0 Å². The number of carboxylic acids is 1. The van der Waals surface area contributed by atoms with Crippen LogP contribution in [0.25, 0.3) is 17.4 Å². The number of halogens is 1. The van der Waals surface area contributed by atoms with E-state index in [-0.39, 0.29) is 20.5 Å². The zero-order valence-corrected chi connectivity index (χ0v) is 16.7. The first kappa shape index (κ1) is 19.9. The molecule has 2 aromatic carbocycles. The molecule has 1 aliphatic rings. The van der Waals surface area contributed by atoms with Crippen molar-refractivity contribution in [2.75, 3.05) is 4.90 Å². The molecule has 0 atom stereocenters. The van der Waals surface area contributed by atoms with Crippen molar-refractivity contribution in [3.63, 3.8) is 0 Å². The molecule has 1 aromatic heterocycles. The third-order valence-corrected chi connectivity index (χ3v) is 5.61. The van der Waals surface area contributed by atoms with Crippen molar-refractivity contribution >= 4 is 51.9 Å². The molecular weight excluding hydrogens is 429 g/mol. The monoisotopic (exact) mass is 441 g/mol. The predicted octanol–water partition coefficient (Wildman–Crippen LogP) is 4.90. The van der Waals surface area contributed by atoms with Crippen molar-refractivity contribution in [3.8, 4) is 17.1 Å². The standard InChI is InChI=1S/C21H12FNO5S2/c22-15-4-2-1-3-13(15)17-8-6-12(28-17)10-18-19(25)23(21(29)30-18)11-5-7-14(20(26)27)16(24)9-11/h1-10,24H,(H,26,27)/b18-10-. The van der Waals surface area contributed by atoms with Crippen LogP contribution in [0.4, 0.5) is 10.1 Å². The second-order valence-electron chi connectivity index (χ2n) is 6.21. The van der Waals surface area contributed by atoms with E-state index in [1.807, 2.05) is 0 Å². The lowest BCUT2D eigenvalue weighted by molar-refractivity contribution is -0.113. The van der Waals surface area contributed by atoms with Gasteiger partial charge in [0.25, 0.3) is 5.91 Å². The maximum Gasteiger partial charge on any atom is 0.339 e. The second kappa shape index (κ2) is 7.77. The summed E-state index contributed by atoms with van der Waals surface area (Å²) in [5.41, 5.74) is 0.268. The van der Waals surface area contributed by atoms with E-state index >= 15 is 0 Å². The Kier molecular flexibility index (Phi) is 5.15. The van der Waals surface area contributed by atoms with E-state index in [0.717, 1.165) is 11.8 Å². The lowest BCUT2D eigenvalue weighted by atomic mass is 10.1. The zero-order valence-electron chi connectivity index (χ0n) is 15.0. The van der Waals surface area contributed by atoms with Crippen molar-refractivity contribution in [1.29, 1.82) is 0 Å². The van der Waals surface area contributed by atoms with Gasteiger partial charge in [-0.05, 0) is 36.4 Å². The number of phenols is 1. The number of carboxylic acid groups (broad SMARTS) is 1. The van der Waals surface area contributed by atoms with Gasteiger partial charge in [0.05, 0.1) is 16.2 Å². The molecule has 2 N–H and O–H groups in total. The van der Waals surface area contributed by atoms with Gasteiger partial charge in [-0.15, -0.1) is 0 Å². The van der Waals surface area contributed by atoms with Crippen LogP contribution in [0.2, 0.25) is 0 Å².